The minimum Gasteiger partial charge on any atom is -0.326 e. The molecule has 0 aliphatic heterocycles. The van der Waals surface area contributed by atoms with Gasteiger partial charge in [0.05, 0.1) is 0 Å². The summed E-state index contributed by atoms with van der Waals surface area (Å²) in [6.07, 6.45) is 0.961. The zero-order chi connectivity index (χ0) is 16.4. The van der Waals surface area contributed by atoms with E-state index in [1.165, 1.54) is 0 Å². The Morgan fingerprint density at radius 2 is 1.74 bits per heavy atom. The fourth-order valence-electron chi connectivity index (χ4n) is 2.40. The smallest absolute Gasteiger partial charge is 0.255 e. The van der Waals surface area contributed by atoms with Crippen LogP contribution in [-0.2, 0) is 4.79 Å². The van der Waals surface area contributed by atoms with Crippen LogP contribution in [0, 0.1) is 15.4 Å². The maximum Gasteiger partial charge on any atom is 0.255 e. The molecule has 0 saturated heterocycles. The van der Waals surface area contributed by atoms with E-state index < -0.39 is 0 Å². The summed E-state index contributed by atoms with van der Waals surface area (Å²) < 4.78 is 1.06. The van der Waals surface area contributed by atoms with Gasteiger partial charge < -0.3 is 10.6 Å². The lowest BCUT2D eigenvalue weighted by Crippen LogP contribution is -2.15. The fourth-order valence-corrected chi connectivity index (χ4v) is 2.94. The lowest BCUT2D eigenvalue weighted by atomic mass is 10.2. The zero-order valence-electron chi connectivity index (χ0n) is 12.7. The molecule has 1 fully saturated rings. The van der Waals surface area contributed by atoms with E-state index in [1.807, 2.05) is 24.3 Å². The van der Waals surface area contributed by atoms with E-state index in [2.05, 4.69) is 40.1 Å². The van der Waals surface area contributed by atoms with Crippen molar-refractivity contribution in [1.29, 1.82) is 0 Å². The monoisotopic (exact) mass is 420 g/mol. The lowest BCUT2D eigenvalue weighted by molar-refractivity contribution is -0.117. The SMILES string of the molecule is CC1CC1C(=O)Nc1ccc(C(=O)Nc2cccc(I)c2)cc1. The van der Waals surface area contributed by atoms with E-state index in [9.17, 15) is 9.59 Å². The van der Waals surface area contributed by atoms with Gasteiger partial charge in [0.1, 0.15) is 0 Å². The van der Waals surface area contributed by atoms with Gasteiger partial charge in [-0.15, -0.1) is 0 Å². The summed E-state index contributed by atoms with van der Waals surface area (Å²) in [7, 11) is 0. The van der Waals surface area contributed by atoms with Gasteiger partial charge in [-0.25, -0.2) is 0 Å². The van der Waals surface area contributed by atoms with E-state index in [-0.39, 0.29) is 17.7 Å². The number of carbonyl (C=O) groups excluding carboxylic acids is 2. The number of hydrogen-bond acceptors (Lipinski definition) is 2. The van der Waals surface area contributed by atoms with E-state index in [1.54, 1.807) is 24.3 Å². The number of carbonyl (C=O) groups is 2. The van der Waals surface area contributed by atoms with Crippen molar-refractivity contribution in [3.05, 3.63) is 57.7 Å². The van der Waals surface area contributed by atoms with Gasteiger partial charge in [-0.1, -0.05) is 13.0 Å². The van der Waals surface area contributed by atoms with E-state index in [0.717, 1.165) is 21.4 Å². The number of hydrogen-bond donors (Lipinski definition) is 2. The van der Waals surface area contributed by atoms with Crippen molar-refractivity contribution in [2.24, 2.45) is 11.8 Å². The Bertz CT molecular complexity index is 743. The highest BCUT2D eigenvalue weighted by molar-refractivity contribution is 14.1. The summed E-state index contributed by atoms with van der Waals surface area (Å²) in [5.41, 5.74) is 2.04. The number of halogens is 1. The Hall–Kier alpha value is -1.89. The molecule has 2 aromatic carbocycles. The molecule has 0 radical (unpaired) electrons. The topological polar surface area (TPSA) is 58.2 Å². The molecule has 2 amide bonds. The maximum absolute atomic E-state index is 12.2. The number of anilines is 2. The van der Waals surface area contributed by atoms with Gasteiger partial charge in [0.15, 0.2) is 0 Å². The Morgan fingerprint density at radius 1 is 1.04 bits per heavy atom. The molecular formula is C18H17IN2O2. The van der Waals surface area contributed by atoms with Gasteiger partial charge in [0, 0.05) is 26.4 Å². The van der Waals surface area contributed by atoms with Crippen LogP contribution >= 0.6 is 22.6 Å². The molecule has 2 atom stereocenters. The number of rotatable bonds is 4. The molecule has 2 unspecified atom stereocenters. The van der Waals surface area contributed by atoms with Gasteiger partial charge >= 0.3 is 0 Å². The van der Waals surface area contributed by atoms with Crippen molar-refractivity contribution in [3.8, 4) is 0 Å². The number of nitrogens with one attached hydrogen (secondary N) is 2. The molecule has 0 aromatic heterocycles. The normalized spacial score (nSPS) is 19.0. The third kappa shape index (κ3) is 4.10. The van der Waals surface area contributed by atoms with Crippen molar-refractivity contribution < 1.29 is 9.59 Å². The number of benzene rings is 2. The second-order valence-electron chi connectivity index (χ2n) is 5.85. The van der Waals surface area contributed by atoms with Crippen LogP contribution in [0.4, 0.5) is 11.4 Å². The molecule has 5 heteroatoms. The van der Waals surface area contributed by atoms with Gasteiger partial charge in [-0.2, -0.15) is 0 Å². The van der Waals surface area contributed by atoms with Crippen molar-refractivity contribution in [2.45, 2.75) is 13.3 Å². The maximum atomic E-state index is 12.2. The first-order valence-corrected chi connectivity index (χ1v) is 8.58. The third-order valence-electron chi connectivity index (χ3n) is 3.94. The Balaban J connectivity index is 1.62. The molecule has 2 N–H and O–H groups in total. The second kappa shape index (κ2) is 6.70. The second-order valence-corrected chi connectivity index (χ2v) is 7.10. The molecule has 1 aliphatic carbocycles. The summed E-state index contributed by atoms with van der Waals surface area (Å²) >= 11 is 2.20. The van der Waals surface area contributed by atoms with Crippen LogP contribution in [0.5, 0.6) is 0 Å². The average Bonchev–Trinajstić information content (AvgIpc) is 3.25. The van der Waals surface area contributed by atoms with Crippen LogP contribution in [0.15, 0.2) is 48.5 Å². The van der Waals surface area contributed by atoms with Crippen LogP contribution in [0.2, 0.25) is 0 Å². The Morgan fingerprint density at radius 3 is 2.35 bits per heavy atom. The predicted octanol–water partition coefficient (Wildman–Crippen LogP) is 4.14. The highest BCUT2D eigenvalue weighted by Crippen LogP contribution is 2.38. The molecule has 1 saturated carbocycles. The molecule has 2 aromatic rings. The van der Waals surface area contributed by atoms with Crippen LogP contribution in [0.3, 0.4) is 0 Å². The number of amides is 2. The van der Waals surface area contributed by atoms with Gasteiger partial charge in [-0.3, -0.25) is 9.59 Å². The van der Waals surface area contributed by atoms with Crippen LogP contribution in [0.1, 0.15) is 23.7 Å². The summed E-state index contributed by atoms with van der Waals surface area (Å²) in [5, 5.41) is 5.75. The molecule has 0 heterocycles. The van der Waals surface area contributed by atoms with E-state index in [0.29, 0.717) is 11.5 Å². The zero-order valence-corrected chi connectivity index (χ0v) is 14.8. The van der Waals surface area contributed by atoms with E-state index >= 15 is 0 Å². The molecule has 4 nitrogen and oxygen atoms in total. The van der Waals surface area contributed by atoms with Gasteiger partial charge in [-0.05, 0) is 77.4 Å². The highest BCUT2D eigenvalue weighted by atomic mass is 127. The molecule has 118 valence electrons. The molecule has 0 spiro atoms. The summed E-state index contributed by atoms with van der Waals surface area (Å²) in [6, 6.07) is 14.6. The Labute approximate surface area is 148 Å². The Kier molecular flexibility index (Phi) is 4.66. The van der Waals surface area contributed by atoms with Gasteiger partial charge in [0.2, 0.25) is 5.91 Å². The fraction of sp³-hybridized carbons (Fsp3) is 0.222. The largest absolute Gasteiger partial charge is 0.326 e. The molecule has 3 rings (SSSR count). The van der Waals surface area contributed by atoms with E-state index in [4.69, 9.17) is 0 Å². The molecular weight excluding hydrogens is 403 g/mol. The van der Waals surface area contributed by atoms with Gasteiger partial charge in [0.25, 0.3) is 5.91 Å². The average molecular weight is 420 g/mol. The highest BCUT2D eigenvalue weighted by Gasteiger charge is 2.39. The van der Waals surface area contributed by atoms with Crippen LogP contribution in [-0.4, -0.2) is 11.8 Å². The summed E-state index contributed by atoms with van der Waals surface area (Å²) in [5.74, 6) is 0.515. The summed E-state index contributed by atoms with van der Waals surface area (Å²) in [4.78, 5) is 24.1. The third-order valence-corrected chi connectivity index (χ3v) is 4.61. The van der Waals surface area contributed by atoms with Crippen LogP contribution in [0.25, 0.3) is 0 Å². The molecule has 23 heavy (non-hydrogen) atoms. The minimum absolute atomic E-state index is 0.0635. The minimum atomic E-state index is -0.166. The lowest BCUT2D eigenvalue weighted by Gasteiger charge is -2.08. The first-order chi connectivity index (χ1) is 11.0. The molecule has 0 bridgehead atoms. The predicted molar refractivity (Wildman–Crippen MR) is 99.5 cm³/mol. The van der Waals surface area contributed by atoms with Crippen molar-refractivity contribution in [2.75, 3.05) is 10.6 Å². The van der Waals surface area contributed by atoms with Crippen molar-refractivity contribution in [1.82, 2.24) is 0 Å². The standard InChI is InChI=1S/C18H17IN2O2/c1-11-9-16(11)18(23)20-14-7-5-12(6-8-14)17(22)21-15-4-2-3-13(19)10-15/h2-8,10-11,16H,9H2,1H3,(H,20,23)(H,21,22). The first kappa shape index (κ1) is 16.0. The van der Waals surface area contributed by atoms with Crippen LogP contribution < -0.4 is 10.6 Å². The first-order valence-electron chi connectivity index (χ1n) is 7.51. The summed E-state index contributed by atoms with van der Waals surface area (Å²) in [6.45, 7) is 2.07. The van der Waals surface area contributed by atoms with Crippen molar-refractivity contribution in [3.63, 3.8) is 0 Å². The van der Waals surface area contributed by atoms with Crippen molar-refractivity contribution >= 4 is 45.8 Å². The quantitative estimate of drug-likeness (QED) is 0.731. The molecule has 1 aliphatic rings.